The van der Waals surface area contributed by atoms with Crippen LogP contribution < -0.4 is 19.7 Å². The summed E-state index contributed by atoms with van der Waals surface area (Å²) in [5.41, 5.74) is 3.85. The van der Waals surface area contributed by atoms with Crippen LogP contribution in [0.4, 0.5) is 22.7 Å². The lowest BCUT2D eigenvalue weighted by atomic mass is 9.82. The summed E-state index contributed by atoms with van der Waals surface area (Å²) in [4.78, 5) is 33.3. The van der Waals surface area contributed by atoms with Gasteiger partial charge in [-0.2, -0.15) is 0 Å². The lowest BCUT2D eigenvalue weighted by Crippen LogP contribution is -2.51. The number of aliphatic hydroxyl groups excluding tert-OH is 1. The van der Waals surface area contributed by atoms with Gasteiger partial charge in [-0.1, -0.05) is 85.0 Å². The number of hydrogen-bond acceptors (Lipinski definition) is 7. The van der Waals surface area contributed by atoms with E-state index in [2.05, 4.69) is 42.5 Å². The average Bonchev–Trinajstić information content (AvgIpc) is 3.93. The largest absolute Gasteiger partial charge is 0.497 e. The second-order valence-electron chi connectivity index (χ2n) is 15.4. The summed E-state index contributed by atoms with van der Waals surface area (Å²) in [6, 6.07) is 35.9. The molecule has 1 spiro atoms. The van der Waals surface area contributed by atoms with Gasteiger partial charge in [-0.05, 0) is 71.9 Å². The molecule has 1 aromatic heterocycles. The second kappa shape index (κ2) is 13.3. The van der Waals surface area contributed by atoms with Crippen LogP contribution in [0.15, 0.2) is 115 Å². The maximum absolute atomic E-state index is 15.5. The van der Waals surface area contributed by atoms with Crippen molar-refractivity contribution in [1.29, 1.82) is 0 Å². The number of carbonyl (C=O) groups is 2. The summed E-state index contributed by atoms with van der Waals surface area (Å²) in [7, 11) is -0.747. The molecular weight excluding hydrogens is 707 g/mol. The van der Waals surface area contributed by atoms with E-state index in [0.717, 1.165) is 44.8 Å². The molecule has 5 aromatic carbocycles. The molecule has 4 heterocycles. The number of anilines is 4. The van der Waals surface area contributed by atoms with E-state index in [1.807, 2.05) is 103 Å². The molecule has 11 heteroatoms. The molecule has 6 aromatic rings. The number of nitrogens with zero attached hydrogens (tertiary/aromatic N) is 5. The van der Waals surface area contributed by atoms with Gasteiger partial charge in [0.25, 0.3) is 11.8 Å². The Morgan fingerprint density at radius 1 is 0.873 bits per heavy atom. The van der Waals surface area contributed by atoms with Crippen LogP contribution in [0.5, 0.6) is 5.75 Å². The number of para-hydroxylation sites is 1. The van der Waals surface area contributed by atoms with Crippen LogP contribution in [-0.4, -0.2) is 59.8 Å². The number of aryl methyl sites for hydroxylation is 1. The predicted molar refractivity (Wildman–Crippen MR) is 215 cm³/mol. The maximum Gasteiger partial charge on any atom is 0.268 e. The summed E-state index contributed by atoms with van der Waals surface area (Å²) in [5, 5.41) is 21.3. The molecule has 0 aliphatic carbocycles. The van der Waals surface area contributed by atoms with Gasteiger partial charge in [0, 0.05) is 54.0 Å². The monoisotopic (exact) mass is 749 g/mol. The Labute approximate surface area is 320 Å². The molecule has 278 valence electrons. The third-order valence-corrected chi connectivity index (χ3v) is 16.5. The Morgan fingerprint density at radius 3 is 2.38 bits per heavy atom. The van der Waals surface area contributed by atoms with Gasteiger partial charge in [-0.15, -0.1) is 5.10 Å². The van der Waals surface area contributed by atoms with Crippen molar-refractivity contribution < 1.29 is 24.2 Å². The van der Waals surface area contributed by atoms with E-state index in [9.17, 15) is 9.90 Å². The molecular formula is C44H43N5O5Si. The highest BCUT2D eigenvalue weighted by molar-refractivity contribution is 6.91. The molecule has 3 aliphatic rings. The third-order valence-electron chi connectivity index (χ3n) is 12.2. The molecule has 55 heavy (non-hydrogen) atoms. The number of carbonyl (C=O) groups excluding carboxylic acids is 2. The minimum Gasteiger partial charge on any atom is -0.497 e. The zero-order valence-electron chi connectivity index (χ0n) is 31.3. The number of fused-ring (bicyclic) bond motifs is 2. The van der Waals surface area contributed by atoms with E-state index < -0.39 is 13.7 Å². The van der Waals surface area contributed by atoms with Crippen LogP contribution >= 0.6 is 0 Å². The minimum absolute atomic E-state index is 0.000125. The van der Waals surface area contributed by atoms with Crippen LogP contribution in [0, 0.1) is 5.92 Å². The zero-order chi connectivity index (χ0) is 38.1. The minimum atomic E-state index is -2.42. The van der Waals surface area contributed by atoms with E-state index in [4.69, 9.17) is 9.47 Å². The third kappa shape index (κ3) is 5.36. The number of hydrogen-bond donors (Lipinski definition) is 1. The summed E-state index contributed by atoms with van der Waals surface area (Å²) in [6.07, 6.45) is 2.59. The van der Waals surface area contributed by atoms with E-state index >= 15 is 4.79 Å². The van der Waals surface area contributed by atoms with Crippen LogP contribution in [0.2, 0.25) is 18.6 Å². The molecule has 10 nitrogen and oxygen atoms in total. The maximum atomic E-state index is 15.5. The van der Waals surface area contributed by atoms with Gasteiger partial charge >= 0.3 is 0 Å². The highest BCUT2D eigenvalue weighted by atomic mass is 28.3. The van der Waals surface area contributed by atoms with Crippen LogP contribution in [0.25, 0.3) is 10.8 Å². The van der Waals surface area contributed by atoms with Gasteiger partial charge < -0.3 is 14.6 Å². The number of aliphatic hydroxyl groups is 1. The fraction of sp³-hybridized carbons (Fsp3) is 0.273. The number of ether oxygens (including phenoxy) is 2. The Morgan fingerprint density at radius 2 is 1.64 bits per heavy atom. The Hall–Kier alpha value is -5.62. The van der Waals surface area contributed by atoms with Gasteiger partial charge in [0.15, 0.2) is 5.60 Å². The molecule has 0 radical (unpaired) electrons. The number of rotatable bonds is 10. The van der Waals surface area contributed by atoms with Gasteiger partial charge in [0.05, 0.1) is 43.9 Å². The SMILES string of the molecule is COc1ccc([Si](C)(C)[C@H]2[C@H](CCn3cc(CCO)nn3)O[C@@]3(C(=O)N(c4ccccc4)c4ccc(N5C(=O)c6cccc7cccc5c67)cc43)[C@@H]2C)cc1. The van der Waals surface area contributed by atoms with Crippen molar-refractivity contribution in [3.63, 3.8) is 0 Å². The molecule has 0 unspecified atom stereocenters. The standard InChI is InChI=1S/C44H43N5O5Si/c1-28-41(55(3,4)34-19-17-33(53-2)18-20-34)39(22-24-47-27-30(23-25-50)45-46-47)54-44(28)36-26-32(16-21-37(36)49(43(44)52)31-12-6-5-7-13-31)48-38-15-9-11-29-10-8-14-35(40(29)38)42(48)51/h5-21,26-28,39,41,50H,22-25H2,1-4H3/t28-,39+,41-,44+/m1/s1. The first kappa shape index (κ1) is 35.1. The molecule has 4 atom stereocenters. The lowest BCUT2D eigenvalue weighted by Gasteiger charge is -2.37. The van der Waals surface area contributed by atoms with Crippen molar-refractivity contribution >= 4 is 58.6 Å². The number of methoxy groups -OCH3 is 1. The van der Waals surface area contributed by atoms with E-state index in [1.165, 1.54) is 5.19 Å². The molecule has 0 saturated carbocycles. The van der Waals surface area contributed by atoms with E-state index in [1.54, 1.807) is 21.6 Å². The first-order chi connectivity index (χ1) is 26.7. The number of aromatic nitrogens is 3. The Balaban J connectivity index is 1.19. The normalized spacial score (nSPS) is 21.7. The average molecular weight is 750 g/mol. The van der Waals surface area contributed by atoms with E-state index in [-0.39, 0.29) is 36.0 Å². The fourth-order valence-electron chi connectivity index (χ4n) is 9.58. The first-order valence-electron chi connectivity index (χ1n) is 18.9. The Kier molecular flexibility index (Phi) is 8.48. The fourth-order valence-corrected chi connectivity index (χ4v) is 13.6. The molecule has 1 fully saturated rings. The lowest BCUT2D eigenvalue weighted by molar-refractivity contribution is -0.145. The highest BCUT2D eigenvalue weighted by Gasteiger charge is 2.66. The Bertz CT molecular complexity index is 2450. The zero-order valence-corrected chi connectivity index (χ0v) is 32.3. The molecule has 1 saturated heterocycles. The van der Waals surface area contributed by atoms with Crippen LogP contribution in [0.1, 0.15) is 35.0 Å². The van der Waals surface area contributed by atoms with E-state index in [0.29, 0.717) is 30.6 Å². The van der Waals surface area contributed by atoms with Gasteiger partial charge in [-0.3, -0.25) is 24.1 Å². The van der Waals surface area contributed by atoms with Crippen molar-refractivity contribution in [3.8, 4) is 5.75 Å². The van der Waals surface area contributed by atoms with Crippen molar-refractivity contribution in [1.82, 2.24) is 15.0 Å². The van der Waals surface area contributed by atoms with Crippen molar-refractivity contribution in [3.05, 3.63) is 132 Å². The highest BCUT2D eigenvalue weighted by Crippen LogP contribution is 2.61. The molecule has 0 bridgehead atoms. The topological polar surface area (TPSA) is 110 Å². The quantitative estimate of drug-likeness (QED) is 0.147. The van der Waals surface area contributed by atoms with Gasteiger partial charge in [-0.25, -0.2) is 0 Å². The summed E-state index contributed by atoms with van der Waals surface area (Å²) in [5.74, 6) is 0.326. The summed E-state index contributed by atoms with van der Waals surface area (Å²) in [6.45, 7) is 7.45. The van der Waals surface area contributed by atoms with Crippen molar-refractivity contribution in [2.24, 2.45) is 5.92 Å². The molecule has 1 N–H and O–H groups in total. The summed E-state index contributed by atoms with van der Waals surface area (Å²) >= 11 is 0. The first-order valence-corrected chi connectivity index (χ1v) is 22.0. The second-order valence-corrected chi connectivity index (χ2v) is 20.1. The smallest absolute Gasteiger partial charge is 0.268 e. The van der Waals surface area contributed by atoms with Crippen LogP contribution in [0.3, 0.4) is 0 Å². The van der Waals surface area contributed by atoms with Crippen molar-refractivity contribution in [2.75, 3.05) is 23.5 Å². The van der Waals surface area contributed by atoms with Crippen molar-refractivity contribution in [2.45, 2.75) is 56.7 Å². The summed E-state index contributed by atoms with van der Waals surface area (Å²) < 4.78 is 14.8. The van der Waals surface area contributed by atoms with Crippen LogP contribution in [-0.2, 0) is 28.1 Å². The number of benzene rings is 5. The predicted octanol–water partition coefficient (Wildman–Crippen LogP) is 7.25. The number of amides is 2. The molecule has 9 rings (SSSR count). The molecule has 2 amide bonds. The van der Waals surface area contributed by atoms with Gasteiger partial charge in [0.2, 0.25) is 0 Å². The van der Waals surface area contributed by atoms with Gasteiger partial charge in [0.1, 0.15) is 5.75 Å². The molecule has 3 aliphatic heterocycles.